The van der Waals surface area contributed by atoms with Crippen LogP contribution in [-0.4, -0.2) is 45.8 Å². The number of hydrogen-bond acceptors (Lipinski definition) is 4. The summed E-state index contributed by atoms with van der Waals surface area (Å²) in [5, 5.41) is 3.26. The first-order valence-corrected chi connectivity index (χ1v) is 10.4. The third-order valence-corrected chi connectivity index (χ3v) is 6.48. The molecule has 0 aromatic heterocycles. The van der Waals surface area contributed by atoms with Crippen LogP contribution >= 0.6 is 11.6 Å². The Bertz CT molecular complexity index is 926. The van der Waals surface area contributed by atoms with Gasteiger partial charge in [0.15, 0.2) is 0 Å². The summed E-state index contributed by atoms with van der Waals surface area (Å²) in [6.45, 7) is 4.29. The third kappa shape index (κ3) is 4.80. The molecule has 0 bridgehead atoms. The molecule has 0 spiro atoms. The van der Waals surface area contributed by atoms with E-state index in [2.05, 4.69) is 5.32 Å². The van der Waals surface area contributed by atoms with E-state index in [1.54, 1.807) is 44.2 Å². The highest BCUT2D eigenvalue weighted by molar-refractivity contribution is 7.89. The molecule has 8 heteroatoms. The van der Waals surface area contributed by atoms with E-state index in [1.165, 1.54) is 16.4 Å². The van der Waals surface area contributed by atoms with E-state index in [4.69, 9.17) is 11.6 Å². The van der Waals surface area contributed by atoms with Crippen molar-refractivity contribution in [2.45, 2.75) is 18.7 Å². The molecule has 6 nitrogen and oxygen atoms in total. The second kappa shape index (κ2) is 8.73. The molecular weight excluding hydrogens is 386 g/mol. The van der Waals surface area contributed by atoms with Gasteiger partial charge in [-0.05, 0) is 36.4 Å². The maximum atomic E-state index is 12.6. The molecule has 146 valence electrons. The topological polar surface area (TPSA) is 69.7 Å². The molecule has 1 amide bonds. The van der Waals surface area contributed by atoms with E-state index in [1.807, 2.05) is 19.0 Å². The molecule has 0 radical (unpaired) electrons. The summed E-state index contributed by atoms with van der Waals surface area (Å²) in [7, 11) is 0.127. The van der Waals surface area contributed by atoms with Gasteiger partial charge in [0.2, 0.25) is 10.0 Å². The summed E-state index contributed by atoms with van der Waals surface area (Å²) in [5.41, 5.74) is 1.63. The number of amides is 1. The van der Waals surface area contributed by atoms with Crippen LogP contribution in [0.5, 0.6) is 0 Å². The number of hydrogen-bond donors (Lipinski definition) is 1. The second-order valence-corrected chi connectivity index (χ2v) is 8.48. The molecule has 0 heterocycles. The highest BCUT2D eigenvalue weighted by Gasteiger charge is 2.22. The number of sulfonamides is 1. The number of carbonyl (C=O) groups excluding carboxylic acids is 1. The summed E-state index contributed by atoms with van der Waals surface area (Å²) in [5.74, 6) is -0.403. The van der Waals surface area contributed by atoms with Crippen molar-refractivity contribution < 1.29 is 13.2 Å². The summed E-state index contributed by atoms with van der Waals surface area (Å²) in [6, 6.07) is 11.2. The Balaban J connectivity index is 2.27. The Kier molecular flexibility index (Phi) is 6.86. The fraction of sp³-hybridized carbons (Fsp3) is 0.316. The molecule has 2 aromatic carbocycles. The third-order valence-electron chi connectivity index (χ3n) is 4.13. The van der Waals surface area contributed by atoms with Gasteiger partial charge in [-0.25, -0.2) is 8.42 Å². The molecule has 0 aliphatic heterocycles. The molecule has 2 aromatic rings. The summed E-state index contributed by atoms with van der Waals surface area (Å²) in [6.07, 6.45) is 0. The van der Waals surface area contributed by atoms with Crippen molar-refractivity contribution >= 4 is 38.9 Å². The maximum absolute atomic E-state index is 12.6. The van der Waals surface area contributed by atoms with Crippen molar-refractivity contribution in [1.82, 2.24) is 4.31 Å². The molecule has 1 N–H and O–H groups in total. The summed E-state index contributed by atoms with van der Waals surface area (Å²) >= 11 is 6.23. The number of benzene rings is 2. The van der Waals surface area contributed by atoms with Crippen LogP contribution in [0.3, 0.4) is 0 Å². The van der Waals surface area contributed by atoms with E-state index >= 15 is 0 Å². The van der Waals surface area contributed by atoms with Crippen LogP contribution in [0.15, 0.2) is 47.4 Å². The molecule has 0 saturated carbocycles. The monoisotopic (exact) mass is 409 g/mol. The smallest absolute Gasteiger partial charge is 0.255 e. The van der Waals surface area contributed by atoms with Crippen LogP contribution < -0.4 is 10.2 Å². The second-order valence-electron chi connectivity index (χ2n) is 6.13. The van der Waals surface area contributed by atoms with E-state index < -0.39 is 15.9 Å². The SMILES string of the molecule is CCN(CC)S(=O)(=O)c1cccc(C(=O)Nc2ccc(N(C)C)c(Cl)c2)c1. The molecule has 0 atom stereocenters. The first-order chi connectivity index (χ1) is 12.7. The van der Waals surface area contributed by atoms with Crippen LogP contribution in [0.25, 0.3) is 0 Å². The van der Waals surface area contributed by atoms with Crippen molar-refractivity contribution in [3.63, 3.8) is 0 Å². The van der Waals surface area contributed by atoms with Crippen molar-refractivity contribution in [3.05, 3.63) is 53.1 Å². The van der Waals surface area contributed by atoms with E-state index in [9.17, 15) is 13.2 Å². The molecule has 0 aliphatic carbocycles. The predicted molar refractivity (Wildman–Crippen MR) is 110 cm³/mol. The minimum Gasteiger partial charge on any atom is -0.376 e. The lowest BCUT2D eigenvalue weighted by molar-refractivity contribution is 0.102. The van der Waals surface area contributed by atoms with Gasteiger partial charge in [-0.3, -0.25) is 4.79 Å². The summed E-state index contributed by atoms with van der Waals surface area (Å²) < 4.78 is 26.6. The predicted octanol–water partition coefficient (Wildman–Crippen LogP) is 3.69. The highest BCUT2D eigenvalue weighted by Crippen LogP contribution is 2.27. The van der Waals surface area contributed by atoms with Gasteiger partial charge in [0.25, 0.3) is 5.91 Å². The Morgan fingerprint density at radius 3 is 2.30 bits per heavy atom. The molecule has 27 heavy (non-hydrogen) atoms. The normalized spacial score (nSPS) is 11.5. The van der Waals surface area contributed by atoms with Gasteiger partial charge in [0, 0.05) is 38.4 Å². The lowest BCUT2D eigenvalue weighted by Gasteiger charge is -2.18. The van der Waals surface area contributed by atoms with Gasteiger partial charge in [0.1, 0.15) is 0 Å². The zero-order valence-corrected chi connectivity index (χ0v) is 17.4. The quantitative estimate of drug-likeness (QED) is 0.757. The van der Waals surface area contributed by atoms with Crippen molar-refractivity contribution in [2.75, 3.05) is 37.4 Å². The first-order valence-electron chi connectivity index (χ1n) is 8.59. The van der Waals surface area contributed by atoms with Gasteiger partial charge in [-0.1, -0.05) is 31.5 Å². The Morgan fingerprint density at radius 2 is 1.74 bits per heavy atom. The molecule has 0 aliphatic rings. The number of nitrogens with one attached hydrogen (secondary N) is 1. The van der Waals surface area contributed by atoms with Crippen LogP contribution in [0.1, 0.15) is 24.2 Å². The number of carbonyl (C=O) groups is 1. The van der Waals surface area contributed by atoms with Gasteiger partial charge in [-0.2, -0.15) is 4.31 Å². The van der Waals surface area contributed by atoms with E-state index in [-0.39, 0.29) is 10.5 Å². The minimum absolute atomic E-state index is 0.0971. The molecular formula is C19H24ClN3O3S. The standard InChI is InChI=1S/C19H24ClN3O3S/c1-5-23(6-2)27(25,26)16-9-7-8-14(12-16)19(24)21-15-10-11-18(22(3)4)17(20)13-15/h7-13H,5-6H2,1-4H3,(H,21,24). The lowest BCUT2D eigenvalue weighted by atomic mass is 10.2. The maximum Gasteiger partial charge on any atom is 0.255 e. The first kappa shape index (κ1) is 21.2. The minimum atomic E-state index is -3.63. The molecule has 0 fully saturated rings. The van der Waals surface area contributed by atoms with Gasteiger partial charge >= 0.3 is 0 Å². The largest absolute Gasteiger partial charge is 0.376 e. The number of rotatable bonds is 7. The van der Waals surface area contributed by atoms with Crippen molar-refractivity contribution in [3.8, 4) is 0 Å². The zero-order valence-electron chi connectivity index (χ0n) is 15.9. The average Bonchev–Trinajstić information content (AvgIpc) is 2.62. The molecule has 0 saturated heterocycles. The highest BCUT2D eigenvalue weighted by atomic mass is 35.5. The van der Waals surface area contributed by atoms with Crippen LogP contribution in [0, 0.1) is 0 Å². The van der Waals surface area contributed by atoms with E-state index in [0.717, 1.165) is 5.69 Å². The van der Waals surface area contributed by atoms with Crippen LogP contribution in [0.2, 0.25) is 5.02 Å². The fourth-order valence-corrected chi connectivity index (χ4v) is 4.51. The Morgan fingerprint density at radius 1 is 1.07 bits per heavy atom. The molecule has 0 unspecified atom stereocenters. The van der Waals surface area contributed by atoms with Gasteiger partial charge < -0.3 is 10.2 Å². The van der Waals surface area contributed by atoms with Crippen LogP contribution in [0.4, 0.5) is 11.4 Å². The molecule has 2 rings (SSSR count). The van der Waals surface area contributed by atoms with Crippen LogP contribution in [-0.2, 0) is 10.0 Å². The van der Waals surface area contributed by atoms with Gasteiger partial charge in [0.05, 0.1) is 15.6 Å². The number of halogens is 1. The number of anilines is 2. The van der Waals surface area contributed by atoms with Crippen molar-refractivity contribution in [2.24, 2.45) is 0 Å². The number of nitrogens with zero attached hydrogens (tertiary/aromatic N) is 2. The van der Waals surface area contributed by atoms with Gasteiger partial charge in [-0.15, -0.1) is 0 Å². The average molecular weight is 410 g/mol. The van der Waals surface area contributed by atoms with Crippen molar-refractivity contribution in [1.29, 1.82) is 0 Å². The van der Waals surface area contributed by atoms with E-state index in [0.29, 0.717) is 23.8 Å². The summed E-state index contributed by atoms with van der Waals surface area (Å²) in [4.78, 5) is 14.5. The lowest BCUT2D eigenvalue weighted by Crippen LogP contribution is -2.30. The zero-order chi connectivity index (χ0) is 20.2. The Hall–Kier alpha value is -2.09. The fourth-order valence-electron chi connectivity index (χ4n) is 2.66. The Labute approximate surface area is 165 Å².